The average Bonchev–Trinajstić information content (AvgIpc) is 2.77. The second kappa shape index (κ2) is 6.15. The maximum Gasteiger partial charge on any atom is 0.226 e. The Hall–Kier alpha value is -1.42. The minimum absolute atomic E-state index is 0.0602. The number of hydrogen-bond acceptors (Lipinski definition) is 3. The van der Waals surface area contributed by atoms with Crippen molar-refractivity contribution in [3.05, 3.63) is 23.8 Å². The van der Waals surface area contributed by atoms with Gasteiger partial charge in [-0.1, -0.05) is 44.6 Å². The average molecular weight is 276 g/mol. The van der Waals surface area contributed by atoms with Crippen LogP contribution in [-0.4, -0.2) is 10.9 Å². The van der Waals surface area contributed by atoms with E-state index >= 15 is 0 Å². The number of benzene rings is 1. The molecule has 1 aromatic heterocycles. The fourth-order valence-corrected chi connectivity index (χ4v) is 2.80. The largest absolute Gasteiger partial charge is 0.302 e. The zero-order valence-electron chi connectivity index (χ0n) is 11.7. The third-order valence-electron chi connectivity index (χ3n) is 3.08. The molecular formula is C15H20N2OS. The fourth-order valence-electron chi connectivity index (χ4n) is 1.87. The highest BCUT2D eigenvalue weighted by Gasteiger charge is 2.09. The Balaban J connectivity index is 2.15. The molecule has 0 radical (unpaired) electrons. The SMILES string of the molecule is CCCCC(=O)Nc1nc2ccc(C(C)C)cc2s1. The van der Waals surface area contributed by atoms with Gasteiger partial charge in [0.05, 0.1) is 10.2 Å². The number of rotatable bonds is 5. The van der Waals surface area contributed by atoms with E-state index in [9.17, 15) is 4.79 Å². The molecule has 0 unspecified atom stereocenters. The van der Waals surface area contributed by atoms with Crippen molar-refractivity contribution < 1.29 is 4.79 Å². The molecule has 1 aromatic carbocycles. The highest BCUT2D eigenvalue weighted by molar-refractivity contribution is 7.22. The van der Waals surface area contributed by atoms with Crippen molar-refractivity contribution in [3.63, 3.8) is 0 Å². The van der Waals surface area contributed by atoms with Gasteiger partial charge in [-0.15, -0.1) is 0 Å². The highest BCUT2D eigenvalue weighted by atomic mass is 32.1. The van der Waals surface area contributed by atoms with Crippen LogP contribution in [0.3, 0.4) is 0 Å². The first-order valence-electron chi connectivity index (χ1n) is 6.80. The van der Waals surface area contributed by atoms with Gasteiger partial charge in [-0.3, -0.25) is 4.79 Å². The van der Waals surface area contributed by atoms with Crippen LogP contribution >= 0.6 is 11.3 Å². The van der Waals surface area contributed by atoms with Crippen LogP contribution in [0.1, 0.15) is 51.5 Å². The van der Waals surface area contributed by atoms with Crippen LogP contribution in [0.5, 0.6) is 0 Å². The van der Waals surface area contributed by atoms with Gasteiger partial charge in [0.25, 0.3) is 0 Å². The van der Waals surface area contributed by atoms with E-state index in [1.807, 2.05) is 6.07 Å². The first kappa shape index (κ1) is 14.0. The highest BCUT2D eigenvalue weighted by Crippen LogP contribution is 2.29. The van der Waals surface area contributed by atoms with Crippen LogP contribution in [0.2, 0.25) is 0 Å². The van der Waals surface area contributed by atoms with Gasteiger partial charge in [0, 0.05) is 6.42 Å². The quantitative estimate of drug-likeness (QED) is 0.870. The molecule has 0 saturated carbocycles. The van der Waals surface area contributed by atoms with E-state index in [1.54, 1.807) is 11.3 Å². The molecular weight excluding hydrogens is 256 g/mol. The monoisotopic (exact) mass is 276 g/mol. The van der Waals surface area contributed by atoms with Gasteiger partial charge in [-0.25, -0.2) is 4.98 Å². The number of carbonyl (C=O) groups is 1. The molecule has 0 aliphatic heterocycles. The topological polar surface area (TPSA) is 42.0 Å². The summed E-state index contributed by atoms with van der Waals surface area (Å²) in [4.78, 5) is 16.1. The van der Waals surface area contributed by atoms with Crippen molar-refractivity contribution in [1.82, 2.24) is 4.98 Å². The van der Waals surface area contributed by atoms with Crippen LogP contribution in [0.25, 0.3) is 10.2 Å². The van der Waals surface area contributed by atoms with E-state index in [4.69, 9.17) is 0 Å². The summed E-state index contributed by atoms with van der Waals surface area (Å²) >= 11 is 1.55. The Kier molecular flexibility index (Phi) is 4.53. The van der Waals surface area contributed by atoms with E-state index in [2.05, 4.69) is 43.2 Å². The van der Waals surface area contributed by atoms with Gasteiger partial charge in [-0.2, -0.15) is 0 Å². The molecule has 1 N–H and O–H groups in total. The minimum atomic E-state index is 0.0602. The standard InChI is InChI=1S/C15H20N2OS/c1-4-5-6-14(18)17-15-16-12-8-7-11(10(2)3)9-13(12)19-15/h7-10H,4-6H2,1-3H3,(H,16,17,18). The summed E-state index contributed by atoms with van der Waals surface area (Å²) in [5, 5.41) is 3.59. The van der Waals surface area contributed by atoms with Crippen molar-refractivity contribution in [1.29, 1.82) is 0 Å². The molecule has 3 nitrogen and oxygen atoms in total. The fraction of sp³-hybridized carbons (Fsp3) is 0.467. The second-order valence-electron chi connectivity index (χ2n) is 5.05. The van der Waals surface area contributed by atoms with Gasteiger partial charge in [-0.05, 0) is 30.0 Å². The Labute approximate surface area is 118 Å². The number of amides is 1. The Morgan fingerprint density at radius 3 is 2.89 bits per heavy atom. The number of carbonyl (C=O) groups excluding carboxylic acids is 1. The van der Waals surface area contributed by atoms with E-state index in [0.717, 1.165) is 23.1 Å². The molecule has 1 heterocycles. The zero-order valence-corrected chi connectivity index (χ0v) is 12.5. The molecule has 0 aliphatic rings. The van der Waals surface area contributed by atoms with Gasteiger partial charge in [0.15, 0.2) is 5.13 Å². The lowest BCUT2D eigenvalue weighted by molar-refractivity contribution is -0.116. The van der Waals surface area contributed by atoms with E-state index < -0.39 is 0 Å². The predicted molar refractivity (Wildman–Crippen MR) is 81.9 cm³/mol. The number of unbranched alkanes of at least 4 members (excludes halogenated alkanes) is 1. The van der Waals surface area contributed by atoms with Gasteiger partial charge in [0.2, 0.25) is 5.91 Å². The number of hydrogen-bond donors (Lipinski definition) is 1. The summed E-state index contributed by atoms with van der Waals surface area (Å²) in [5.74, 6) is 0.569. The van der Waals surface area contributed by atoms with Crippen molar-refractivity contribution in [2.75, 3.05) is 5.32 Å². The molecule has 0 bridgehead atoms. The number of nitrogens with one attached hydrogen (secondary N) is 1. The second-order valence-corrected chi connectivity index (χ2v) is 6.08. The van der Waals surface area contributed by atoms with Crippen molar-refractivity contribution >= 4 is 32.6 Å². The van der Waals surface area contributed by atoms with E-state index in [0.29, 0.717) is 17.5 Å². The number of fused-ring (bicyclic) bond motifs is 1. The molecule has 0 saturated heterocycles. The number of nitrogens with zero attached hydrogens (tertiary/aromatic N) is 1. The maximum absolute atomic E-state index is 11.7. The minimum Gasteiger partial charge on any atom is -0.302 e. The number of anilines is 1. The lowest BCUT2D eigenvalue weighted by Crippen LogP contribution is -2.10. The Morgan fingerprint density at radius 2 is 2.21 bits per heavy atom. The first-order valence-corrected chi connectivity index (χ1v) is 7.62. The summed E-state index contributed by atoms with van der Waals surface area (Å²) in [6.07, 6.45) is 2.53. The van der Waals surface area contributed by atoms with E-state index in [1.165, 1.54) is 5.56 Å². The van der Waals surface area contributed by atoms with Gasteiger partial charge in [0.1, 0.15) is 0 Å². The van der Waals surface area contributed by atoms with Crippen LogP contribution in [0, 0.1) is 0 Å². The first-order chi connectivity index (χ1) is 9.10. The maximum atomic E-state index is 11.7. The Morgan fingerprint density at radius 1 is 1.42 bits per heavy atom. The summed E-state index contributed by atoms with van der Waals surface area (Å²) in [7, 11) is 0. The zero-order chi connectivity index (χ0) is 13.8. The van der Waals surface area contributed by atoms with Crippen molar-refractivity contribution in [3.8, 4) is 0 Å². The van der Waals surface area contributed by atoms with Crippen LogP contribution in [-0.2, 0) is 4.79 Å². The summed E-state index contributed by atoms with van der Waals surface area (Å²) in [5.41, 5.74) is 2.26. The molecule has 2 rings (SSSR count). The normalized spacial score (nSPS) is 11.2. The van der Waals surface area contributed by atoms with Crippen molar-refractivity contribution in [2.45, 2.75) is 46.0 Å². The van der Waals surface area contributed by atoms with Crippen LogP contribution in [0.4, 0.5) is 5.13 Å². The molecule has 19 heavy (non-hydrogen) atoms. The number of aromatic nitrogens is 1. The van der Waals surface area contributed by atoms with Gasteiger partial charge >= 0.3 is 0 Å². The molecule has 102 valence electrons. The lowest BCUT2D eigenvalue weighted by Gasteiger charge is -2.03. The smallest absolute Gasteiger partial charge is 0.226 e. The third kappa shape index (κ3) is 3.53. The summed E-state index contributed by atoms with van der Waals surface area (Å²) in [6, 6.07) is 6.30. The molecule has 4 heteroatoms. The molecule has 2 aromatic rings. The lowest BCUT2D eigenvalue weighted by atomic mass is 10.0. The molecule has 0 spiro atoms. The predicted octanol–water partition coefficient (Wildman–Crippen LogP) is 4.55. The summed E-state index contributed by atoms with van der Waals surface area (Å²) in [6.45, 7) is 6.43. The van der Waals surface area contributed by atoms with Crippen LogP contribution in [0.15, 0.2) is 18.2 Å². The molecule has 1 amide bonds. The molecule has 0 fully saturated rings. The summed E-state index contributed by atoms with van der Waals surface area (Å²) < 4.78 is 1.14. The van der Waals surface area contributed by atoms with Gasteiger partial charge < -0.3 is 5.32 Å². The Bertz CT molecular complexity index is 575. The molecule has 0 aliphatic carbocycles. The van der Waals surface area contributed by atoms with Crippen molar-refractivity contribution in [2.24, 2.45) is 0 Å². The molecule has 0 atom stereocenters. The number of thiazole rings is 1. The van der Waals surface area contributed by atoms with Crippen LogP contribution < -0.4 is 5.32 Å². The third-order valence-corrected chi connectivity index (χ3v) is 4.02. The van der Waals surface area contributed by atoms with E-state index in [-0.39, 0.29) is 5.91 Å².